The van der Waals surface area contributed by atoms with Crippen molar-refractivity contribution >= 4 is 74.2 Å². The lowest BCUT2D eigenvalue weighted by molar-refractivity contribution is -0.175. The lowest BCUT2D eigenvalue weighted by atomic mass is 9.66. The number of likely N-dealkylation sites (tertiary alicyclic amines) is 1. The van der Waals surface area contributed by atoms with E-state index in [0.29, 0.717) is 11.1 Å². The van der Waals surface area contributed by atoms with Crippen molar-refractivity contribution in [2.75, 3.05) is 6.26 Å². The number of rotatable bonds is 13. The molecular weight excluding hydrogens is 729 g/mol. The van der Waals surface area contributed by atoms with Crippen LogP contribution in [0.3, 0.4) is 0 Å². The summed E-state index contributed by atoms with van der Waals surface area (Å²) in [5.74, 6) is -2.25. The molecule has 50 heavy (non-hydrogen) atoms. The first-order valence-corrected chi connectivity index (χ1v) is 23.7. The largest absolute Gasteiger partial charge is 0.448 e. The molecule has 3 atom stereocenters. The minimum atomic E-state index is -4.08. The number of esters is 1. The van der Waals surface area contributed by atoms with Crippen molar-refractivity contribution in [3.05, 3.63) is 108 Å². The molecule has 9 nitrogen and oxygen atoms in total. The molecule has 2 heterocycles. The molecule has 5 rings (SSSR count). The van der Waals surface area contributed by atoms with Gasteiger partial charge in [0.05, 0.1) is 28.0 Å². The Morgan fingerprint density at radius 3 is 2.02 bits per heavy atom. The van der Waals surface area contributed by atoms with Crippen LogP contribution in [0, 0.1) is 11.3 Å². The van der Waals surface area contributed by atoms with Crippen LogP contribution in [-0.2, 0) is 33.1 Å². The van der Waals surface area contributed by atoms with Crippen molar-refractivity contribution in [3.63, 3.8) is 0 Å². The second-order valence-corrected chi connectivity index (χ2v) is 21.0. The smallest absolute Gasteiger partial charge is 0.359 e. The summed E-state index contributed by atoms with van der Waals surface area (Å²) in [5.41, 5.74) is 0.576. The molecule has 0 radical (unpaired) electrons. The van der Waals surface area contributed by atoms with Gasteiger partial charge in [-0.15, -0.1) is 11.3 Å². The summed E-state index contributed by atoms with van der Waals surface area (Å²) >= 11 is 1.53. The molecule has 1 amide bonds. The topological polar surface area (TPSA) is 112 Å². The number of fused-ring (bicyclic) bond motifs is 1. The SMILES string of the molecule is C/C(OS(C)(=O)=O)=C(/C(=O)OC(c1ccccc1)c1ccccc1)N1C(=O)C([C@](C)(O[SiH](C)C)C(C)(C)C)C1SSc1nc2ccccc2s1. The van der Waals surface area contributed by atoms with Crippen molar-refractivity contribution in [1.82, 2.24) is 9.88 Å². The van der Waals surface area contributed by atoms with Crippen LogP contribution in [0.25, 0.3) is 10.2 Å². The molecule has 0 N–H and O–H groups in total. The Bertz CT molecular complexity index is 1910. The molecule has 14 heteroatoms. The quantitative estimate of drug-likeness (QED) is 0.0251. The van der Waals surface area contributed by atoms with Crippen molar-refractivity contribution in [2.45, 2.75) is 69.1 Å². The third-order valence-electron chi connectivity index (χ3n) is 8.57. The van der Waals surface area contributed by atoms with Crippen molar-refractivity contribution in [2.24, 2.45) is 11.3 Å². The highest BCUT2D eigenvalue weighted by Gasteiger charge is 2.63. The van der Waals surface area contributed by atoms with E-state index in [1.807, 2.05) is 113 Å². The van der Waals surface area contributed by atoms with E-state index in [4.69, 9.17) is 18.3 Å². The maximum Gasteiger partial charge on any atom is 0.359 e. The second-order valence-electron chi connectivity index (χ2n) is 13.5. The summed E-state index contributed by atoms with van der Waals surface area (Å²) in [6.45, 7) is 13.5. The van der Waals surface area contributed by atoms with Gasteiger partial charge >= 0.3 is 16.1 Å². The number of nitrogens with zero attached hydrogens (tertiary/aromatic N) is 2. The summed E-state index contributed by atoms with van der Waals surface area (Å²) in [5, 5.41) is -0.677. The zero-order valence-electron chi connectivity index (χ0n) is 29.3. The molecule has 1 fully saturated rings. The lowest BCUT2D eigenvalue weighted by Crippen LogP contribution is -2.70. The van der Waals surface area contributed by atoms with Crippen molar-refractivity contribution in [1.29, 1.82) is 0 Å². The molecule has 3 aromatic carbocycles. The van der Waals surface area contributed by atoms with Gasteiger partial charge in [-0.05, 0) is 66.4 Å². The Morgan fingerprint density at radius 2 is 1.50 bits per heavy atom. The average molecular weight is 771 g/mol. The number of thiazole rings is 1. The first-order chi connectivity index (χ1) is 23.5. The monoisotopic (exact) mass is 770 g/mol. The number of carbonyl (C=O) groups excluding carboxylic acids is 2. The predicted molar refractivity (Wildman–Crippen MR) is 204 cm³/mol. The lowest BCUT2D eigenvalue weighted by Gasteiger charge is -2.58. The van der Waals surface area contributed by atoms with E-state index in [1.54, 1.807) is 0 Å². The summed E-state index contributed by atoms with van der Waals surface area (Å²) in [4.78, 5) is 35.2. The maximum atomic E-state index is 14.6. The minimum absolute atomic E-state index is 0.267. The zero-order valence-corrected chi connectivity index (χ0v) is 33.7. The van der Waals surface area contributed by atoms with Crippen LogP contribution in [0.4, 0.5) is 0 Å². The zero-order chi connectivity index (χ0) is 36.4. The molecule has 266 valence electrons. The number of hydrogen-bond acceptors (Lipinski definition) is 11. The van der Waals surface area contributed by atoms with E-state index < -0.39 is 53.5 Å². The number of β-lactam (4-membered cyclic amide) rings is 1. The number of hydrogen-bond donors (Lipinski definition) is 0. The fourth-order valence-electron chi connectivity index (χ4n) is 5.92. The number of ether oxygens (including phenoxy) is 1. The van der Waals surface area contributed by atoms with Crippen LogP contribution in [0.1, 0.15) is 51.8 Å². The fraction of sp³-hybridized carbons (Fsp3) is 0.361. The van der Waals surface area contributed by atoms with E-state index in [1.165, 1.54) is 44.7 Å². The highest BCUT2D eigenvalue weighted by atomic mass is 33.1. The first-order valence-electron chi connectivity index (χ1n) is 16.1. The molecule has 4 aromatic rings. The Hall–Kier alpha value is -3.14. The van der Waals surface area contributed by atoms with Crippen molar-refractivity contribution in [3.8, 4) is 0 Å². The van der Waals surface area contributed by atoms with Crippen LogP contribution < -0.4 is 0 Å². The fourth-order valence-corrected chi connectivity index (χ4v) is 12.0. The summed E-state index contributed by atoms with van der Waals surface area (Å²) < 4.78 is 45.0. The van der Waals surface area contributed by atoms with Crippen LogP contribution in [0.15, 0.2) is 101 Å². The molecule has 0 spiro atoms. The second kappa shape index (κ2) is 15.2. The third-order valence-corrected chi connectivity index (χ3v) is 14.1. The van der Waals surface area contributed by atoms with Crippen LogP contribution in [-0.4, -0.2) is 56.4 Å². The number of carbonyl (C=O) groups is 2. The minimum Gasteiger partial charge on any atom is -0.448 e. The van der Waals surface area contributed by atoms with E-state index in [0.717, 1.165) is 20.8 Å². The van der Waals surface area contributed by atoms with Gasteiger partial charge < -0.3 is 13.3 Å². The molecule has 1 saturated heterocycles. The molecule has 0 bridgehead atoms. The third kappa shape index (κ3) is 8.32. The van der Waals surface area contributed by atoms with E-state index in [2.05, 4.69) is 13.1 Å². The van der Waals surface area contributed by atoms with Gasteiger partial charge in [0.2, 0.25) is 5.91 Å². The molecule has 1 aliphatic rings. The molecule has 2 unspecified atom stereocenters. The summed E-state index contributed by atoms with van der Waals surface area (Å²) in [6.07, 6.45) is 0.0423. The van der Waals surface area contributed by atoms with Crippen molar-refractivity contribution < 1.29 is 31.4 Å². The number of benzene rings is 3. The van der Waals surface area contributed by atoms with Crippen LogP contribution in [0.5, 0.6) is 0 Å². The molecule has 1 aliphatic heterocycles. The first kappa shape index (κ1) is 38.1. The summed E-state index contributed by atoms with van der Waals surface area (Å²) in [7, 11) is -3.00. The number of para-hydroxylation sites is 1. The Morgan fingerprint density at radius 1 is 0.940 bits per heavy atom. The van der Waals surface area contributed by atoms with Gasteiger partial charge in [-0.2, -0.15) is 8.42 Å². The Labute approximate surface area is 308 Å². The molecule has 1 aromatic heterocycles. The van der Waals surface area contributed by atoms with Gasteiger partial charge in [-0.25, -0.2) is 9.78 Å². The number of aromatic nitrogens is 1. The maximum absolute atomic E-state index is 14.6. The van der Waals surface area contributed by atoms with E-state index >= 15 is 0 Å². The highest BCUT2D eigenvalue weighted by Crippen LogP contribution is 2.56. The van der Waals surface area contributed by atoms with Gasteiger partial charge in [0, 0.05) is 0 Å². The highest BCUT2D eigenvalue weighted by molar-refractivity contribution is 8.77. The Balaban J connectivity index is 1.60. The standard InChI is InChI=1S/C36H42N2O7S4Si/c1-23(44-49(6,41)42)29(33(40)43-30(24-17-11-9-12-18-24)25-19-13-10-14-20-25)38-31(39)28(36(5,35(2,3)4)45-50(7)8)32(38)47-48-34-37-26-21-15-16-22-27(26)46-34/h9-22,28,30,32,50H,1-8H3/b29-23+/t28?,32?,36-/m0/s1. The number of amides is 1. The summed E-state index contributed by atoms with van der Waals surface area (Å²) in [6, 6.07) is 26.3. The van der Waals surface area contributed by atoms with E-state index in [-0.39, 0.29) is 17.4 Å². The van der Waals surface area contributed by atoms with Crippen LogP contribution in [0.2, 0.25) is 13.1 Å². The van der Waals surface area contributed by atoms with Gasteiger partial charge in [0.25, 0.3) is 0 Å². The van der Waals surface area contributed by atoms with Gasteiger partial charge in [-0.3, -0.25) is 9.69 Å². The van der Waals surface area contributed by atoms with Gasteiger partial charge in [0.15, 0.2) is 25.2 Å². The molecule has 0 aliphatic carbocycles. The molecule has 0 saturated carbocycles. The van der Waals surface area contributed by atoms with Crippen LogP contribution >= 0.6 is 32.9 Å². The molecular formula is C36H42N2O7S4Si. The number of allylic oxidation sites excluding steroid dienone is 1. The van der Waals surface area contributed by atoms with E-state index in [9.17, 15) is 18.0 Å². The average Bonchev–Trinajstić information content (AvgIpc) is 3.46. The Kier molecular flexibility index (Phi) is 11.6. The van der Waals surface area contributed by atoms with Gasteiger partial charge in [-0.1, -0.05) is 104 Å². The van der Waals surface area contributed by atoms with Gasteiger partial charge in [0.1, 0.15) is 11.1 Å². The predicted octanol–water partition coefficient (Wildman–Crippen LogP) is 8.17. The normalized spacial score (nSPS) is 18.5.